The third kappa shape index (κ3) is 2.79. The summed E-state index contributed by atoms with van der Waals surface area (Å²) in [6, 6.07) is 13.8. The van der Waals surface area contributed by atoms with Gasteiger partial charge in [-0.3, -0.25) is 0 Å². The van der Waals surface area contributed by atoms with Gasteiger partial charge in [0.2, 0.25) is 0 Å². The highest BCUT2D eigenvalue weighted by Crippen LogP contribution is 2.17. The summed E-state index contributed by atoms with van der Waals surface area (Å²) in [5.41, 5.74) is 1.53. The highest BCUT2D eigenvalue weighted by molar-refractivity contribution is 5.41. The maximum atomic E-state index is 8.75. The summed E-state index contributed by atoms with van der Waals surface area (Å²) in [6.07, 6.45) is 1.39. The molecule has 0 amide bonds. The van der Waals surface area contributed by atoms with Gasteiger partial charge in [-0.2, -0.15) is 5.26 Å². The molecule has 2 aromatic rings. The van der Waals surface area contributed by atoms with E-state index in [1.165, 1.54) is 11.9 Å². The molecule has 2 rings (SSSR count). The number of nitrogens with zero attached hydrogens (tertiary/aromatic N) is 3. The number of aromatic nitrogens is 2. The second kappa shape index (κ2) is 5.08. The van der Waals surface area contributed by atoms with E-state index in [1.54, 1.807) is 6.07 Å². The lowest BCUT2D eigenvalue weighted by molar-refractivity contribution is 0.871. The molecule has 4 nitrogen and oxygen atoms in total. The van der Waals surface area contributed by atoms with E-state index in [9.17, 15) is 0 Å². The quantitative estimate of drug-likeness (QED) is 0.870. The molecule has 0 aliphatic rings. The van der Waals surface area contributed by atoms with Crippen molar-refractivity contribution in [1.29, 1.82) is 5.26 Å². The summed E-state index contributed by atoms with van der Waals surface area (Å²) >= 11 is 0. The zero-order chi connectivity index (χ0) is 12.1. The first-order valence-corrected chi connectivity index (χ1v) is 5.33. The lowest BCUT2D eigenvalue weighted by atomic mass is 10.1. The fourth-order valence-corrected chi connectivity index (χ4v) is 1.54. The number of benzene rings is 1. The van der Waals surface area contributed by atoms with Crippen LogP contribution in [-0.2, 0) is 0 Å². The highest BCUT2D eigenvalue weighted by Gasteiger charge is 2.05. The summed E-state index contributed by atoms with van der Waals surface area (Å²) in [5.74, 6) is 0.660. The summed E-state index contributed by atoms with van der Waals surface area (Å²) in [7, 11) is 0. The first-order valence-electron chi connectivity index (χ1n) is 5.33. The standard InChI is InChI=1S/C13H12N4/c1-10(11-5-3-2-4-6-11)17-13-7-12(8-14)15-9-16-13/h2-7,9-10H,1H3,(H,15,16,17). The molecule has 1 unspecified atom stereocenters. The number of hydrogen-bond acceptors (Lipinski definition) is 4. The molecule has 0 saturated carbocycles. The van der Waals surface area contributed by atoms with Gasteiger partial charge in [0, 0.05) is 12.1 Å². The van der Waals surface area contributed by atoms with Crippen LogP contribution in [0.3, 0.4) is 0 Å². The van der Waals surface area contributed by atoms with Crippen LogP contribution in [0.15, 0.2) is 42.7 Å². The van der Waals surface area contributed by atoms with Gasteiger partial charge in [0.25, 0.3) is 0 Å². The predicted molar refractivity (Wildman–Crippen MR) is 65.2 cm³/mol. The minimum Gasteiger partial charge on any atom is -0.363 e. The molecular formula is C13H12N4. The van der Waals surface area contributed by atoms with Crippen LogP contribution < -0.4 is 5.32 Å². The van der Waals surface area contributed by atoms with Gasteiger partial charge < -0.3 is 5.32 Å². The third-order valence-electron chi connectivity index (χ3n) is 2.45. The highest BCUT2D eigenvalue weighted by atomic mass is 15.0. The maximum Gasteiger partial charge on any atom is 0.145 e. The van der Waals surface area contributed by atoms with Gasteiger partial charge in [-0.1, -0.05) is 30.3 Å². The number of anilines is 1. The second-order valence-electron chi connectivity index (χ2n) is 3.68. The molecular weight excluding hydrogens is 212 g/mol. The Kier molecular flexibility index (Phi) is 3.31. The van der Waals surface area contributed by atoms with Crippen molar-refractivity contribution < 1.29 is 0 Å². The summed E-state index contributed by atoms with van der Waals surface area (Å²) in [5, 5.41) is 12.0. The van der Waals surface area contributed by atoms with E-state index in [-0.39, 0.29) is 6.04 Å². The fourth-order valence-electron chi connectivity index (χ4n) is 1.54. The molecule has 0 saturated heterocycles. The van der Waals surface area contributed by atoms with Crippen LogP contribution >= 0.6 is 0 Å². The predicted octanol–water partition coefficient (Wildman–Crippen LogP) is 2.52. The molecule has 1 N–H and O–H groups in total. The Balaban J connectivity index is 2.13. The van der Waals surface area contributed by atoms with Gasteiger partial charge in [-0.25, -0.2) is 9.97 Å². The molecule has 4 heteroatoms. The average Bonchev–Trinajstić information content (AvgIpc) is 2.40. The second-order valence-corrected chi connectivity index (χ2v) is 3.68. The van der Waals surface area contributed by atoms with Gasteiger partial charge in [0.05, 0.1) is 0 Å². The van der Waals surface area contributed by atoms with Crippen LogP contribution in [0.25, 0.3) is 0 Å². The van der Waals surface area contributed by atoms with Crippen LogP contribution in [0, 0.1) is 11.3 Å². The number of nitrogens with one attached hydrogen (secondary N) is 1. The lowest BCUT2D eigenvalue weighted by Crippen LogP contribution is -2.08. The molecule has 0 spiro atoms. The van der Waals surface area contributed by atoms with Gasteiger partial charge in [0.1, 0.15) is 23.9 Å². The van der Waals surface area contributed by atoms with Gasteiger partial charge in [-0.05, 0) is 12.5 Å². The van der Waals surface area contributed by atoms with Gasteiger partial charge >= 0.3 is 0 Å². The van der Waals surface area contributed by atoms with Crippen LogP contribution in [0.2, 0.25) is 0 Å². The monoisotopic (exact) mass is 224 g/mol. The SMILES string of the molecule is CC(Nc1cc(C#N)ncn1)c1ccccc1. The topological polar surface area (TPSA) is 61.6 Å². The van der Waals surface area contributed by atoms with Crippen LogP contribution in [-0.4, -0.2) is 9.97 Å². The molecule has 0 aliphatic carbocycles. The zero-order valence-electron chi connectivity index (χ0n) is 9.46. The first kappa shape index (κ1) is 11.1. The Hall–Kier alpha value is -2.41. The normalized spacial score (nSPS) is 11.5. The molecule has 0 fully saturated rings. The lowest BCUT2D eigenvalue weighted by Gasteiger charge is -2.14. The molecule has 1 heterocycles. The van der Waals surface area contributed by atoms with Crippen molar-refractivity contribution in [2.75, 3.05) is 5.32 Å². The summed E-state index contributed by atoms with van der Waals surface area (Å²) in [6.45, 7) is 2.05. The Bertz CT molecular complexity index is 531. The van der Waals surface area contributed by atoms with Crippen LogP contribution in [0.4, 0.5) is 5.82 Å². The van der Waals surface area contributed by atoms with E-state index in [0.29, 0.717) is 11.5 Å². The molecule has 1 aromatic heterocycles. The molecule has 0 bridgehead atoms. The fraction of sp³-hybridized carbons (Fsp3) is 0.154. The van der Waals surface area contributed by atoms with Crippen molar-refractivity contribution in [3.63, 3.8) is 0 Å². The largest absolute Gasteiger partial charge is 0.363 e. The third-order valence-corrected chi connectivity index (χ3v) is 2.45. The maximum absolute atomic E-state index is 8.75. The van der Waals surface area contributed by atoms with E-state index >= 15 is 0 Å². The van der Waals surface area contributed by atoms with Crippen molar-refractivity contribution in [2.45, 2.75) is 13.0 Å². The zero-order valence-corrected chi connectivity index (χ0v) is 9.46. The Morgan fingerprint density at radius 3 is 2.71 bits per heavy atom. The van der Waals surface area contributed by atoms with Crippen molar-refractivity contribution >= 4 is 5.82 Å². The average molecular weight is 224 g/mol. The number of rotatable bonds is 3. The molecule has 1 aromatic carbocycles. The van der Waals surface area contributed by atoms with Crippen LogP contribution in [0.5, 0.6) is 0 Å². The Morgan fingerprint density at radius 2 is 2.00 bits per heavy atom. The minimum absolute atomic E-state index is 0.137. The van der Waals surface area contributed by atoms with Crippen molar-refractivity contribution in [3.8, 4) is 6.07 Å². The molecule has 1 atom stereocenters. The van der Waals surface area contributed by atoms with E-state index in [4.69, 9.17) is 5.26 Å². The van der Waals surface area contributed by atoms with Gasteiger partial charge in [0.15, 0.2) is 0 Å². The smallest absolute Gasteiger partial charge is 0.145 e. The summed E-state index contributed by atoms with van der Waals surface area (Å²) < 4.78 is 0. The minimum atomic E-state index is 0.137. The van der Waals surface area contributed by atoms with Crippen molar-refractivity contribution in [3.05, 3.63) is 54.0 Å². The van der Waals surface area contributed by atoms with Crippen LogP contribution in [0.1, 0.15) is 24.2 Å². The van der Waals surface area contributed by atoms with Crippen molar-refractivity contribution in [1.82, 2.24) is 9.97 Å². The van der Waals surface area contributed by atoms with E-state index < -0.39 is 0 Å². The van der Waals surface area contributed by atoms with E-state index in [1.807, 2.05) is 43.3 Å². The number of hydrogen-bond donors (Lipinski definition) is 1. The Labute approximate surface area is 100.0 Å². The Morgan fingerprint density at radius 1 is 1.24 bits per heavy atom. The molecule has 84 valence electrons. The summed E-state index contributed by atoms with van der Waals surface area (Å²) in [4.78, 5) is 7.91. The van der Waals surface area contributed by atoms with Crippen molar-refractivity contribution in [2.24, 2.45) is 0 Å². The molecule has 17 heavy (non-hydrogen) atoms. The first-order chi connectivity index (χ1) is 8.29. The van der Waals surface area contributed by atoms with E-state index in [2.05, 4.69) is 15.3 Å². The van der Waals surface area contributed by atoms with E-state index in [0.717, 1.165) is 0 Å². The van der Waals surface area contributed by atoms with Gasteiger partial charge in [-0.15, -0.1) is 0 Å². The molecule has 0 radical (unpaired) electrons. The molecule has 0 aliphatic heterocycles. The number of nitriles is 1.